The van der Waals surface area contributed by atoms with E-state index in [0.29, 0.717) is 35.0 Å². The molecule has 2 N–H and O–H groups in total. The number of anilines is 1. The van der Waals surface area contributed by atoms with Gasteiger partial charge >= 0.3 is 5.97 Å². The fourth-order valence-corrected chi connectivity index (χ4v) is 6.56. The molecule has 1 aromatic heterocycles. The molecule has 1 amide bonds. The third-order valence-corrected chi connectivity index (χ3v) is 9.06. The van der Waals surface area contributed by atoms with Crippen LogP contribution in [-0.2, 0) is 12.8 Å². The predicted octanol–water partition coefficient (Wildman–Crippen LogP) is 6.76. The number of thiophene rings is 1. The van der Waals surface area contributed by atoms with E-state index in [2.05, 4.69) is 31.4 Å². The second-order valence-corrected chi connectivity index (χ2v) is 11.5. The number of hydrogen-bond acceptors (Lipinski definition) is 6. The van der Waals surface area contributed by atoms with Crippen LogP contribution in [-0.4, -0.2) is 18.5 Å². The average molecular weight is 519 g/mol. The van der Waals surface area contributed by atoms with E-state index in [0.717, 1.165) is 41.8 Å². The van der Waals surface area contributed by atoms with Crippen LogP contribution in [0.1, 0.15) is 83.4 Å². The van der Waals surface area contributed by atoms with E-state index in [1.165, 1.54) is 10.4 Å². The maximum Gasteiger partial charge on any atom is 0.343 e. The van der Waals surface area contributed by atoms with Crippen LogP contribution in [0.3, 0.4) is 0 Å². The Kier molecular flexibility index (Phi) is 6.99. The second kappa shape index (κ2) is 10.2. The summed E-state index contributed by atoms with van der Waals surface area (Å²) in [7, 11) is 0. The van der Waals surface area contributed by atoms with Crippen molar-refractivity contribution < 1.29 is 19.1 Å². The number of fused-ring (bicyclic) bond motifs is 3. The Balaban J connectivity index is 1.38. The van der Waals surface area contributed by atoms with E-state index >= 15 is 0 Å². The van der Waals surface area contributed by atoms with Crippen molar-refractivity contribution >= 4 is 28.2 Å². The molecule has 0 bridgehead atoms. The highest BCUT2D eigenvalue weighted by Gasteiger charge is 2.37. The topological polar surface area (TPSA) is 76.7 Å². The molecule has 0 saturated heterocycles. The number of esters is 1. The lowest BCUT2D eigenvalue weighted by Crippen LogP contribution is -2.38. The van der Waals surface area contributed by atoms with Crippen LogP contribution in [0.4, 0.5) is 5.00 Å². The Bertz CT molecular complexity index is 1310. The highest BCUT2D eigenvalue weighted by atomic mass is 32.1. The van der Waals surface area contributed by atoms with Gasteiger partial charge < -0.3 is 20.1 Å². The molecule has 1 aliphatic carbocycles. The molecule has 2 aromatic carbocycles. The van der Waals surface area contributed by atoms with Gasteiger partial charge in [-0.15, -0.1) is 11.3 Å². The summed E-state index contributed by atoms with van der Waals surface area (Å²) < 4.78 is 11.4. The third-order valence-electron chi connectivity index (χ3n) is 7.87. The van der Waals surface area contributed by atoms with Crippen LogP contribution in [0, 0.1) is 11.3 Å². The zero-order chi connectivity index (χ0) is 26.2. The molecular weight excluding hydrogens is 484 g/mol. The lowest BCUT2D eigenvalue weighted by molar-refractivity contribution is 0.0728. The van der Waals surface area contributed by atoms with E-state index in [1.54, 1.807) is 41.7 Å². The molecule has 5 rings (SSSR count). The van der Waals surface area contributed by atoms with E-state index < -0.39 is 12.1 Å². The fourth-order valence-electron chi connectivity index (χ4n) is 5.21. The molecular formula is C30H34N2O4S. The van der Waals surface area contributed by atoms with Crippen LogP contribution < -0.4 is 20.1 Å². The van der Waals surface area contributed by atoms with Crippen LogP contribution in [0.15, 0.2) is 48.5 Å². The lowest BCUT2D eigenvalue weighted by atomic mass is 9.69. The Labute approximate surface area is 222 Å². The van der Waals surface area contributed by atoms with Gasteiger partial charge in [-0.25, -0.2) is 4.79 Å². The van der Waals surface area contributed by atoms with Crippen molar-refractivity contribution in [2.45, 2.75) is 59.5 Å². The van der Waals surface area contributed by atoms with Gasteiger partial charge in [0, 0.05) is 4.88 Å². The molecule has 0 saturated carbocycles. The molecule has 1 aliphatic heterocycles. The van der Waals surface area contributed by atoms with Gasteiger partial charge in [0.25, 0.3) is 5.91 Å². The Hall–Kier alpha value is -3.32. The molecule has 2 unspecified atom stereocenters. The molecule has 0 radical (unpaired) electrons. The monoisotopic (exact) mass is 518 g/mol. The smallest absolute Gasteiger partial charge is 0.343 e. The van der Waals surface area contributed by atoms with E-state index in [1.807, 2.05) is 25.1 Å². The van der Waals surface area contributed by atoms with Crippen molar-refractivity contribution in [3.63, 3.8) is 0 Å². The second-order valence-electron chi connectivity index (χ2n) is 10.4. The van der Waals surface area contributed by atoms with Gasteiger partial charge in [-0.05, 0) is 72.9 Å². The van der Waals surface area contributed by atoms with Crippen molar-refractivity contribution in [1.82, 2.24) is 5.32 Å². The normalized spacial score (nSPS) is 18.8. The van der Waals surface area contributed by atoms with E-state index in [9.17, 15) is 9.59 Å². The molecule has 37 heavy (non-hydrogen) atoms. The van der Waals surface area contributed by atoms with Gasteiger partial charge in [0.2, 0.25) is 0 Å². The van der Waals surface area contributed by atoms with Crippen molar-refractivity contribution in [2.24, 2.45) is 11.3 Å². The Morgan fingerprint density at radius 1 is 1.08 bits per heavy atom. The van der Waals surface area contributed by atoms with Gasteiger partial charge in [-0.2, -0.15) is 0 Å². The zero-order valence-electron chi connectivity index (χ0n) is 21.9. The highest BCUT2D eigenvalue weighted by molar-refractivity contribution is 7.16. The molecule has 3 aromatic rings. The van der Waals surface area contributed by atoms with Gasteiger partial charge in [0.15, 0.2) is 11.5 Å². The summed E-state index contributed by atoms with van der Waals surface area (Å²) >= 11 is 1.72. The van der Waals surface area contributed by atoms with Crippen molar-refractivity contribution in [3.05, 3.63) is 75.7 Å². The number of amides is 1. The molecule has 7 heteroatoms. The number of ether oxygens (including phenoxy) is 2. The first-order chi connectivity index (χ1) is 17.8. The molecule has 2 atom stereocenters. The summed E-state index contributed by atoms with van der Waals surface area (Å²) in [6.45, 7) is 9.27. The quantitative estimate of drug-likeness (QED) is 0.267. The Morgan fingerprint density at radius 2 is 1.86 bits per heavy atom. The molecule has 194 valence electrons. The van der Waals surface area contributed by atoms with Crippen LogP contribution >= 0.6 is 11.3 Å². The number of carbonyl (C=O) groups excluding carboxylic acids is 2. The summed E-state index contributed by atoms with van der Waals surface area (Å²) in [5.74, 6) is 0.947. The summed E-state index contributed by atoms with van der Waals surface area (Å²) in [6, 6.07) is 14.3. The Morgan fingerprint density at radius 3 is 2.59 bits per heavy atom. The van der Waals surface area contributed by atoms with Crippen molar-refractivity contribution in [3.8, 4) is 11.5 Å². The predicted molar refractivity (Wildman–Crippen MR) is 147 cm³/mol. The van der Waals surface area contributed by atoms with Gasteiger partial charge in [-0.1, -0.05) is 51.5 Å². The third kappa shape index (κ3) is 4.97. The number of rotatable bonds is 7. The molecule has 2 heterocycles. The number of nitrogens with one attached hydrogen (secondary N) is 2. The standard InChI is InChI=1S/C30H34N2O4S/c1-5-30(3,4)20-13-14-21-24(17-20)37-28-25(21)27(33)31-26(32-28)19-12-15-22(23(16-19)35-6-2)36-29(34)18-10-8-7-9-11-18/h7-12,15-16,20,26,32H,5-6,13-14,17H2,1-4H3,(H,31,33). The summed E-state index contributed by atoms with van der Waals surface area (Å²) in [5, 5.41) is 7.61. The number of benzene rings is 2. The lowest BCUT2D eigenvalue weighted by Gasteiger charge is -2.36. The first kappa shape index (κ1) is 25.3. The number of hydrogen-bond donors (Lipinski definition) is 2. The van der Waals surface area contributed by atoms with Crippen molar-refractivity contribution in [1.29, 1.82) is 0 Å². The van der Waals surface area contributed by atoms with E-state index in [-0.39, 0.29) is 5.91 Å². The minimum atomic E-state index is -0.447. The number of carbonyl (C=O) groups is 2. The van der Waals surface area contributed by atoms with Gasteiger partial charge in [-0.3, -0.25) is 4.79 Å². The molecule has 0 fully saturated rings. The molecule has 2 aliphatic rings. The minimum Gasteiger partial charge on any atom is -0.490 e. The SMILES string of the molecule is CCOc1cc(C2NC(=O)c3c(sc4c3CCC(C(C)(C)CC)C4)N2)ccc1OC(=O)c1ccccc1. The maximum atomic E-state index is 13.3. The molecule has 0 spiro atoms. The first-order valence-electron chi connectivity index (χ1n) is 13.1. The maximum absolute atomic E-state index is 13.3. The average Bonchev–Trinajstić information content (AvgIpc) is 3.28. The van der Waals surface area contributed by atoms with E-state index in [4.69, 9.17) is 9.47 Å². The van der Waals surface area contributed by atoms with Gasteiger partial charge in [0.1, 0.15) is 11.2 Å². The first-order valence-corrected chi connectivity index (χ1v) is 13.9. The zero-order valence-corrected chi connectivity index (χ0v) is 22.7. The van der Waals surface area contributed by atoms with Crippen molar-refractivity contribution in [2.75, 3.05) is 11.9 Å². The highest BCUT2D eigenvalue weighted by Crippen LogP contribution is 2.47. The molecule has 6 nitrogen and oxygen atoms in total. The summed E-state index contributed by atoms with van der Waals surface area (Å²) in [5.41, 5.74) is 3.61. The fraction of sp³-hybridized carbons (Fsp3) is 0.400. The summed E-state index contributed by atoms with van der Waals surface area (Å²) in [6.07, 6.45) is 3.85. The minimum absolute atomic E-state index is 0.0398. The van der Waals surface area contributed by atoms with Crippen LogP contribution in [0.5, 0.6) is 11.5 Å². The van der Waals surface area contributed by atoms with Gasteiger partial charge in [0.05, 0.1) is 17.7 Å². The largest absolute Gasteiger partial charge is 0.490 e. The summed E-state index contributed by atoms with van der Waals surface area (Å²) in [4.78, 5) is 27.2. The van der Waals surface area contributed by atoms with Crippen LogP contribution in [0.2, 0.25) is 0 Å². The van der Waals surface area contributed by atoms with Crippen LogP contribution in [0.25, 0.3) is 0 Å².